The molecule has 0 bridgehead atoms. The number of carbonyl (C=O) groups is 2. The summed E-state index contributed by atoms with van der Waals surface area (Å²) in [6, 6.07) is 5.69. The van der Waals surface area contributed by atoms with Crippen LogP contribution in [0.3, 0.4) is 0 Å². The maximum Gasteiger partial charge on any atom is 0.410 e. The van der Waals surface area contributed by atoms with E-state index in [-0.39, 0.29) is 12.0 Å². The zero-order valence-electron chi connectivity index (χ0n) is 19.7. The lowest BCUT2D eigenvalue weighted by atomic mass is 10.0. The lowest BCUT2D eigenvalue weighted by molar-refractivity contribution is 0.0222. The summed E-state index contributed by atoms with van der Waals surface area (Å²) in [5, 5.41) is 7.46. The molecule has 174 valence electrons. The van der Waals surface area contributed by atoms with Gasteiger partial charge in [-0.05, 0) is 44.9 Å². The van der Waals surface area contributed by atoms with Gasteiger partial charge >= 0.3 is 6.09 Å². The molecule has 1 aromatic heterocycles. The minimum Gasteiger partial charge on any atom is -0.493 e. The van der Waals surface area contributed by atoms with E-state index in [0.29, 0.717) is 49.7 Å². The second-order valence-electron chi connectivity index (χ2n) is 8.74. The van der Waals surface area contributed by atoms with Crippen molar-refractivity contribution < 1.29 is 23.8 Å². The first-order chi connectivity index (χ1) is 15.1. The molecule has 0 aliphatic carbocycles. The van der Waals surface area contributed by atoms with Crippen molar-refractivity contribution in [3.63, 3.8) is 0 Å². The molecule has 1 aliphatic rings. The van der Waals surface area contributed by atoms with E-state index in [2.05, 4.69) is 10.4 Å². The largest absolute Gasteiger partial charge is 0.493 e. The average Bonchev–Trinajstić information content (AvgIpc) is 3.07. The third kappa shape index (κ3) is 5.33. The second kappa shape index (κ2) is 9.50. The van der Waals surface area contributed by atoms with Crippen molar-refractivity contribution in [2.75, 3.05) is 27.3 Å². The number of hydrogen-bond acceptors (Lipinski definition) is 6. The van der Waals surface area contributed by atoms with Gasteiger partial charge in [-0.1, -0.05) is 6.07 Å². The first-order valence-electron chi connectivity index (χ1n) is 10.6. The van der Waals surface area contributed by atoms with Crippen LogP contribution >= 0.6 is 0 Å². The summed E-state index contributed by atoms with van der Waals surface area (Å²) >= 11 is 0. The van der Waals surface area contributed by atoms with Crippen molar-refractivity contribution in [2.24, 2.45) is 7.05 Å². The van der Waals surface area contributed by atoms with E-state index in [1.54, 1.807) is 30.8 Å². The molecule has 2 heterocycles. The molecule has 2 amide bonds. The molecular formula is C23H32N4O5. The lowest BCUT2D eigenvalue weighted by Gasteiger charge is -2.29. The van der Waals surface area contributed by atoms with Crippen LogP contribution in [0.25, 0.3) is 0 Å². The molecule has 0 fully saturated rings. The van der Waals surface area contributed by atoms with Crippen LogP contribution in [0.1, 0.15) is 48.1 Å². The Morgan fingerprint density at radius 1 is 1.16 bits per heavy atom. The summed E-state index contributed by atoms with van der Waals surface area (Å²) in [7, 11) is 4.94. The van der Waals surface area contributed by atoms with Gasteiger partial charge in [-0.15, -0.1) is 0 Å². The molecule has 3 rings (SSSR count). The zero-order valence-corrected chi connectivity index (χ0v) is 19.7. The molecule has 1 aliphatic heterocycles. The number of ether oxygens (including phenoxy) is 3. The Bertz CT molecular complexity index is 993. The van der Waals surface area contributed by atoms with Crippen LogP contribution in [-0.4, -0.2) is 59.6 Å². The van der Waals surface area contributed by atoms with E-state index in [0.717, 1.165) is 16.8 Å². The van der Waals surface area contributed by atoms with Crippen molar-refractivity contribution in [3.8, 4) is 11.5 Å². The summed E-state index contributed by atoms with van der Waals surface area (Å²) in [5.41, 5.74) is 2.54. The van der Waals surface area contributed by atoms with Gasteiger partial charge in [0.15, 0.2) is 11.5 Å². The number of aryl methyl sites for hydroxylation is 1. The minimum atomic E-state index is -0.573. The molecule has 9 nitrogen and oxygen atoms in total. The number of aromatic nitrogens is 2. The van der Waals surface area contributed by atoms with Crippen LogP contribution in [0, 0.1) is 0 Å². The van der Waals surface area contributed by atoms with E-state index in [1.807, 2.05) is 39.0 Å². The number of nitrogens with zero attached hydrogens (tertiary/aromatic N) is 3. The Hall–Kier alpha value is -3.23. The molecule has 0 saturated heterocycles. The molecule has 0 atom stereocenters. The molecule has 9 heteroatoms. The summed E-state index contributed by atoms with van der Waals surface area (Å²) in [6.07, 6.45) is 0.837. The summed E-state index contributed by atoms with van der Waals surface area (Å²) in [6.45, 7) is 6.77. The first-order valence-corrected chi connectivity index (χ1v) is 10.6. The topological polar surface area (TPSA) is 94.9 Å². The van der Waals surface area contributed by atoms with E-state index in [4.69, 9.17) is 14.2 Å². The highest BCUT2D eigenvalue weighted by Gasteiger charge is 2.31. The average molecular weight is 445 g/mol. The number of amides is 2. The van der Waals surface area contributed by atoms with Crippen LogP contribution in [0.5, 0.6) is 11.5 Å². The van der Waals surface area contributed by atoms with Crippen LogP contribution in [0.15, 0.2) is 18.2 Å². The minimum absolute atomic E-state index is 0.215. The highest BCUT2D eigenvalue weighted by atomic mass is 16.6. The van der Waals surface area contributed by atoms with Crippen molar-refractivity contribution in [1.29, 1.82) is 0 Å². The molecule has 0 radical (unpaired) electrons. The van der Waals surface area contributed by atoms with Crippen LogP contribution in [0.2, 0.25) is 0 Å². The van der Waals surface area contributed by atoms with Crippen molar-refractivity contribution in [2.45, 2.75) is 45.8 Å². The molecule has 0 saturated carbocycles. The number of carbonyl (C=O) groups excluding carboxylic acids is 2. The number of methoxy groups -OCH3 is 2. The van der Waals surface area contributed by atoms with E-state index in [1.165, 1.54) is 0 Å². The van der Waals surface area contributed by atoms with Crippen LogP contribution in [-0.2, 0) is 31.2 Å². The number of nitrogens with one attached hydrogen (secondary N) is 1. The fourth-order valence-electron chi connectivity index (χ4n) is 3.71. The Balaban J connectivity index is 1.66. The predicted octanol–water partition coefficient (Wildman–Crippen LogP) is 2.70. The molecule has 1 aromatic carbocycles. The molecule has 2 aromatic rings. The number of benzene rings is 1. The maximum absolute atomic E-state index is 13.0. The maximum atomic E-state index is 13.0. The monoisotopic (exact) mass is 444 g/mol. The number of fused-ring (bicyclic) bond motifs is 1. The second-order valence-corrected chi connectivity index (χ2v) is 8.74. The smallest absolute Gasteiger partial charge is 0.410 e. The summed E-state index contributed by atoms with van der Waals surface area (Å²) in [4.78, 5) is 27.1. The highest BCUT2D eigenvalue weighted by molar-refractivity contribution is 5.94. The Morgan fingerprint density at radius 3 is 2.53 bits per heavy atom. The molecule has 1 N–H and O–H groups in total. The van der Waals surface area contributed by atoms with Gasteiger partial charge in [0.2, 0.25) is 0 Å². The van der Waals surface area contributed by atoms with Gasteiger partial charge in [0.1, 0.15) is 11.3 Å². The Kier molecular flexibility index (Phi) is 6.96. The quantitative estimate of drug-likeness (QED) is 0.736. The van der Waals surface area contributed by atoms with Crippen molar-refractivity contribution in [1.82, 2.24) is 20.0 Å². The first kappa shape index (κ1) is 23.4. The van der Waals surface area contributed by atoms with Gasteiger partial charge in [-0.2, -0.15) is 5.10 Å². The van der Waals surface area contributed by atoms with Gasteiger partial charge in [-0.25, -0.2) is 4.79 Å². The number of hydrogen-bond donors (Lipinski definition) is 1. The summed E-state index contributed by atoms with van der Waals surface area (Å²) in [5.74, 6) is 1.10. The Morgan fingerprint density at radius 2 is 1.88 bits per heavy atom. The summed E-state index contributed by atoms with van der Waals surface area (Å²) < 4.78 is 17.7. The van der Waals surface area contributed by atoms with Gasteiger partial charge < -0.3 is 24.4 Å². The molecule has 0 unspecified atom stereocenters. The third-order valence-electron chi connectivity index (χ3n) is 5.21. The van der Waals surface area contributed by atoms with Crippen molar-refractivity contribution in [3.05, 3.63) is 40.7 Å². The highest BCUT2D eigenvalue weighted by Crippen LogP contribution is 2.28. The lowest BCUT2D eigenvalue weighted by Crippen LogP contribution is -2.40. The van der Waals surface area contributed by atoms with E-state index in [9.17, 15) is 9.59 Å². The molecule has 0 spiro atoms. The molecule has 32 heavy (non-hydrogen) atoms. The third-order valence-corrected chi connectivity index (χ3v) is 5.21. The van der Waals surface area contributed by atoms with E-state index < -0.39 is 5.60 Å². The van der Waals surface area contributed by atoms with Crippen LogP contribution in [0.4, 0.5) is 4.79 Å². The fraction of sp³-hybridized carbons (Fsp3) is 0.522. The van der Waals surface area contributed by atoms with Gasteiger partial charge in [0.25, 0.3) is 5.91 Å². The van der Waals surface area contributed by atoms with Crippen molar-refractivity contribution >= 4 is 12.0 Å². The zero-order chi connectivity index (χ0) is 23.5. The van der Waals surface area contributed by atoms with Crippen LogP contribution < -0.4 is 14.8 Å². The molecular weight excluding hydrogens is 412 g/mol. The normalized spacial score (nSPS) is 13.4. The van der Waals surface area contributed by atoms with Gasteiger partial charge in [-0.3, -0.25) is 9.48 Å². The SMILES string of the molecule is COc1ccc(CCNC(=O)c2c3c(nn2C)CCN(C(=O)OC(C)(C)C)C3)cc1OC. The van der Waals surface area contributed by atoms with E-state index >= 15 is 0 Å². The fourth-order valence-corrected chi connectivity index (χ4v) is 3.71. The standard InChI is InChI=1S/C23H32N4O5/c1-23(2,3)32-22(29)27-12-10-17-16(14-27)20(26(4)25-17)21(28)24-11-9-15-7-8-18(30-5)19(13-15)31-6/h7-8,13H,9-12,14H2,1-6H3,(H,24,28). The number of rotatable bonds is 6. The predicted molar refractivity (Wildman–Crippen MR) is 119 cm³/mol. The van der Waals surface area contributed by atoms with Gasteiger partial charge in [0, 0.05) is 32.1 Å². The van der Waals surface area contributed by atoms with Gasteiger partial charge in [0.05, 0.1) is 26.5 Å². The Labute approximate surface area is 188 Å².